The fourth-order valence-electron chi connectivity index (χ4n) is 3.93. The van der Waals surface area contributed by atoms with E-state index in [1.807, 2.05) is 0 Å². The SMILES string of the molecule is COC(=O)N[C@@H](C)CCc1nccc(-c2[nH]c(-c3ccc(F)cc3F)nc2-c2cc(F)cc(NS(C)(=O)=O)c2Cl)n1. The zero-order valence-electron chi connectivity index (χ0n) is 21.9. The van der Waals surface area contributed by atoms with E-state index in [4.69, 9.17) is 11.6 Å². The Hall–Kier alpha value is -4.17. The lowest BCUT2D eigenvalue weighted by Crippen LogP contribution is -2.32. The number of benzene rings is 2. The highest BCUT2D eigenvalue weighted by Gasteiger charge is 2.23. The highest BCUT2D eigenvalue weighted by Crippen LogP contribution is 2.40. The lowest BCUT2D eigenvalue weighted by atomic mass is 10.1. The highest BCUT2D eigenvalue weighted by atomic mass is 35.5. The van der Waals surface area contributed by atoms with Crippen molar-refractivity contribution in [3.8, 4) is 34.0 Å². The van der Waals surface area contributed by atoms with Crippen LogP contribution in [0.1, 0.15) is 19.2 Å². The molecule has 2 aromatic heterocycles. The van der Waals surface area contributed by atoms with Gasteiger partial charge in [0.15, 0.2) is 0 Å². The lowest BCUT2D eigenvalue weighted by Gasteiger charge is -2.13. The summed E-state index contributed by atoms with van der Waals surface area (Å²) in [7, 11) is -2.57. The number of alkyl carbamates (subject to hydrolysis) is 1. The van der Waals surface area contributed by atoms with Crippen molar-refractivity contribution in [3.63, 3.8) is 0 Å². The minimum atomic E-state index is -3.82. The first-order valence-electron chi connectivity index (χ1n) is 12.0. The molecule has 216 valence electrons. The number of aryl methyl sites for hydroxylation is 1. The summed E-state index contributed by atoms with van der Waals surface area (Å²) in [5, 5.41) is 2.47. The van der Waals surface area contributed by atoms with Crippen molar-refractivity contribution in [3.05, 3.63) is 70.9 Å². The summed E-state index contributed by atoms with van der Waals surface area (Å²) in [6.07, 6.45) is 2.60. The fraction of sp³-hybridized carbons (Fsp3) is 0.231. The van der Waals surface area contributed by atoms with Crippen molar-refractivity contribution >= 4 is 33.4 Å². The van der Waals surface area contributed by atoms with E-state index in [0.717, 1.165) is 24.5 Å². The summed E-state index contributed by atoms with van der Waals surface area (Å²) in [6.45, 7) is 1.78. The molecule has 0 spiro atoms. The van der Waals surface area contributed by atoms with Crippen molar-refractivity contribution in [2.24, 2.45) is 0 Å². The second-order valence-corrected chi connectivity index (χ2v) is 11.2. The molecule has 2 heterocycles. The number of carbonyl (C=O) groups is 1. The number of nitrogens with zero attached hydrogens (tertiary/aromatic N) is 3. The normalized spacial score (nSPS) is 12.2. The van der Waals surface area contributed by atoms with Crippen LogP contribution in [0.3, 0.4) is 0 Å². The molecule has 4 aromatic rings. The molecular formula is C26H24ClF3N6O4S. The molecule has 0 saturated carbocycles. The average molecular weight is 609 g/mol. The molecule has 2 aromatic carbocycles. The number of imidazole rings is 1. The molecule has 1 amide bonds. The number of sulfonamides is 1. The van der Waals surface area contributed by atoms with Gasteiger partial charge >= 0.3 is 6.09 Å². The first kappa shape index (κ1) is 29.8. The number of nitrogens with one attached hydrogen (secondary N) is 3. The Morgan fingerprint density at radius 1 is 1.10 bits per heavy atom. The molecule has 0 aliphatic rings. The van der Waals surface area contributed by atoms with Crippen LogP contribution in [0.25, 0.3) is 34.0 Å². The number of aromatic amines is 1. The monoisotopic (exact) mass is 608 g/mol. The molecule has 15 heteroatoms. The summed E-state index contributed by atoms with van der Waals surface area (Å²) in [6, 6.07) is 6.15. The minimum Gasteiger partial charge on any atom is -0.453 e. The van der Waals surface area contributed by atoms with E-state index >= 15 is 0 Å². The average Bonchev–Trinajstić information content (AvgIpc) is 3.33. The largest absolute Gasteiger partial charge is 0.453 e. The second kappa shape index (κ2) is 12.1. The molecule has 1 atom stereocenters. The van der Waals surface area contributed by atoms with E-state index in [9.17, 15) is 26.4 Å². The van der Waals surface area contributed by atoms with Crippen LogP contribution in [0.5, 0.6) is 0 Å². The van der Waals surface area contributed by atoms with Gasteiger partial charge < -0.3 is 15.0 Å². The van der Waals surface area contributed by atoms with Gasteiger partial charge in [0.25, 0.3) is 0 Å². The van der Waals surface area contributed by atoms with Crippen molar-refractivity contribution in [1.29, 1.82) is 0 Å². The van der Waals surface area contributed by atoms with Crippen LogP contribution in [0.15, 0.2) is 42.6 Å². The summed E-state index contributed by atoms with van der Waals surface area (Å²) < 4.78 is 73.4. The van der Waals surface area contributed by atoms with E-state index in [-0.39, 0.29) is 50.8 Å². The molecular weight excluding hydrogens is 585 g/mol. The molecule has 3 N–H and O–H groups in total. The maximum Gasteiger partial charge on any atom is 0.407 e. The standard InChI is InChI=1S/C26H24ClF3N6O4S/c1-13(32-26(37)40-2)4-7-21-31-9-8-19(33-21)24-23(34-25(35-24)16-6-5-14(28)11-18(16)30)17-10-15(29)12-20(22(17)27)36-41(3,38)39/h5-6,8-13,36H,4,7H2,1-3H3,(H,32,37)(H,34,35)/t13-/m0/s1. The third kappa shape index (κ3) is 7.32. The molecule has 0 fully saturated rings. The van der Waals surface area contributed by atoms with Crippen molar-refractivity contribution in [1.82, 2.24) is 25.3 Å². The number of carbonyl (C=O) groups excluding carboxylic acids is 1. The van der Waals surface area contributed by atoms with Gasteiger partial charge in [-0.2, -0.15) is 0 Å². The molecule has 4 rings (SSSR count). The third-order valence-electron chi connectivity index (χ3n) is 5.79. The second-order valence-electron chi connectivity index (χ2n) is 9.06. The quantitative estimate of drug-likeness (QED) is 0.234. The van der Waals surface area contributed by atoms with Crippen LogP contribution in [-0.4, -0.2) is 53.9 Å². The summed E-state index contributed by atoms with van der Waals surface area (Å²) in [4.78, 5) is 27.7. The van der Waals surface area contributed by atoms with Gasteiger partial charge in [-0.3, -0.25) is 4.72 Å². The Morgan fingerprint density at radius 2 is 1.85 bits per heavy atom. The van der Waals surface area contributed by atoms with Crippen molar-refractivity contribution in [2.75, 3.05) is 18.1 Å². The Morgan fingerprint density at radius 3 is 2.54 bits per heavy atom. The molecule has 10 nitrogen and oxygen atoms in total. The first-order chi connectivity index (χ1) is 19.3. The van der Waals surface area contributed by atoms with E-state index < -0.39 is 33.6 Å². The number of hydrogen-bond donors (Lipinski definition) is 3. The van der Waals surface area contributed by atoms with Crippen LogP contribution in [0, 0.1) is 17.5 Å². The van der Waals surface area contributed by atoms with Gasteiger partial charge in [-0.15, -0.1) is 0 Å². The molecule has 0 aliphatic carbocycles. The zero-order valence-corrected chi connectivity index (χ0v) is 23.5. The molecule has 0 aliphatic heterocycles. The summed E-state index contributed by atoms with van der Waals surface area (Å²) in [5.41, 5.74) is 0.147. The number of methoxy groups -OCH3 is 1. The number of rotatable bonds is 9. The number of amides is 1. The van der Waals surface area contributed by atoms with E-state index in [1.165, 1.54) is 25.4 Å². The van der Waals surface area contributed by atoms with Crippen LogP contribution >= 0.6 is 11.6 Å². The van der Waals surface area contributed by atoms with Gasteiger partial charge in [-0.05, 0) is 43.7 Å². The van der Waals surface area contributed by atoms with E-state index in [1.54, 1.807) is 6.92 Å². The van der Waals surface area contributed by atoms with Crippen LogP contribution < -0.4 is 10.0 Å². The minimum absolute atomic E-state index is 0.0195. The summed E-state index contributed by atoms with van der Waals surface area (Å²) in [5.74, 6) is -2.17. The van der Waals surface area contributed by atoms with Crippen LogP contribution in [0.2, 0.25) is 5.02 Å². The Kier molecular flexibility index (Phi) is 8.83. The number of aromatic nitrogens is 4. The molecule has 0 saturated heterocycles. The smallest absolute Gasteiger partial charge is 0.407 e. The maximum absolute atomic E-state index is 14.7. The number of halogens is 4. The van der Waals surface area contributed by atoms with Gasteiger partial charge in [0.1, 0.15) is 34.8 Å². The Balaban J connectivity index is 1.83. The number of ether oxygens (including phenoxy) is 1. The van der Waals surface area contributed by atoms with E-state index in [0.29, 0.717) is 24.7 Å². The third-order valence-corrected chi connectivity index (χ3v) is 6.79. The van der Waals surface area contributed by atoms with Crippen molar-refractivity contribution < 1.29 is 31.1 Å². The van der Waals surface area contributed by atoms with Crippen LogP contribution in [-0.2, 0) is 21.2 Å². The van der Waals surface area contributed by atoms with Gasteiger partial charge in [0, 0.05) is 30.3 Å². The molecule has 41 heavy (non-hydrogen) atoms. The van der Waals surface area contributed by atoms with Gasteiger partial charge in [-0.25, -0.2) is 41.3 Å². The Labute approximate surface area is 238 Å². The van der Waals surface area contributed by atoms with Gasteiger partial charge in [0.05, 0.1) is 41.0 Å². The molecule has 0 unspecified atom stereocenters. The zero-order chi connectivity index (χ0) is 29.9. The van der Waals surface area contributed by atoms with Gasteiger partial charge in [0.2, 0.25) is 10.0 Å². The number of H-pyrrole nitrogens is 1. The highest BCUT2D eigenvalue weighted by molar-refractivity contribution is 7.92. The van der Waals surface area contributed by atoms with Gasteiger partial charge in [-0.1, -0.05) is 11.6 Å². The fourth-order valence-corrected chi connectivity index (χ4v) is 4.80. The predicted molar refractivity (Wildman–Crippen MR) is 147 cm³/mol. The molecule has 0 bridgehead atoms. The summed E-state index contributed by atoms with van der Waals surface area (Å²) >= 11 is 6.51. The lowest BCUT2D eigenvalue weighted by molar-refractivity contribution is 0.167. The number of anilines is 1. The topological polar surface area (TPSA) is 139 Å². The van der Waals surface area contributed by atoms with Crippen LogP contribution in [0.4, 0.5) is 23.7 Å². The van der Waals surface area contributed by atoms with Crippen molar-refractivity contribution in [2.45, 2.75) is 25.8 Å². The number of hydrogen-bond acceptors (Lipinski definition) is 7. The predicted octanol–water partition coefficient (Wildman–Crippen LogP) is 5.32. The first-order valence-corrected chi connectivity index (χ1v) is 14.3. The molecule has 0 radical (unpaired) electrons. The van der Waals surface area contributed by atoms with E-state index in [2.05, 4.69) is 34.7 Å². The maximum atomic E-state index is 14.7. The Bertz CT molecular complexity index is 1720.